The van der Waals surface area contributed by atoms with E-state index in [0.29, 0.717) is 18.4 Å². The van der Waals surface area contributed by atoms with Gasteiger partial charge >= 0.3 is 0 Å². The molecular weight excluding hydrogens is 325 g/mol. The summed E-state index contributed by atoms with van der Waals surface area (Å²) in [6.45, 7) is 9.46. The zero-order chi connectivity index (χ0) is 19.3. The standard InChI is InChI=1S/C22H30FN3/c1-15(2)11-20(22(3,4)14-25)16-5-10-21(17(12-16)13-24)26-19-8-6-18(23)7-9-19/h5-10,12-13,15,20,24,26H,11,14,25H2,1-4H3. The zero-order valence-corrected chi connectivity index (χ0v) is 16.1. The second-order valence-corrected chi connectivity index (χ2v) is 8.00. The Morgan fingerprint density at radius 1 is 1.15 bits per heavy atom. The Morgan fingerprint density at radius 3 is 2.35 bits per heavy atom. The Kier molecular flexibility index (Phi) is 6.54. The first-order chi connectivity index (χ1) is 12.3. The van der Waals surface area contributed by atoms with Crippen LogP contribution in [0.3, 0.4) is 0 Å². The lowest BCUT2D eigenvalue weighted by atomic mass is 9.71. The minimum Gasteiger partial charge on any atom is -0.355 e. The summed E-state index contributed by atoms with van der Waals surface area (Å²) in [5.74, 6) is 0.621. The highest BCUT2D eigenvalue weighted by Gasteiger charge is 2.30. The Hall–Kier alpha value is -2.20. The first kappa shape index (κ1) is 20.1. The van der Waals surface area contributed by atoms with Gasteiger partial charge in [-0.05, 0) is 72.2 Å². The number of halogens is 1. The number of nitrogens with one attached hydrogen (secondary N) is 2. The van der Waals surface area contributed by atoms with Crippen molar-refractivity contribution in [1.82, 2.24) is 0 Å². The van der Waals surface area contributed by atoms with Crippen LogP contribution < -0.4 is 11.1 Å². The maximum absolute atomic E-state index is 13.1. The van der Waals surface area contributed by atoms with Crippen molar-refractivity contribution in [2.24, 2.45) is 17.1 Å². The highest BCUT2D eigenvalue weighted by atomic mass is 19.1. The van der Waals surface area contributed by atoms with Crippen LogP contribution in [0.15, 0.2) is 42.5 Å². The molecule has 0 spiro atoms. The molecule has 4 N–H and O–H groups in total. The molecule has 1 atom stereocenters. The zero-order valence-electron chi connectivity index (χ0n) is 16.1. The third-order valence-corrected chi connectivity index (χ3v) is 4.93. The first-order valence-corrected chi connectivity index (χ1v) is 9.14. The Morgan fingerprint density at radius 2 is 1.81 bits per heavy atom. The van der Waals surface area contributed by atoms with Gasteiger partial charge < -0.3 is 16.5 Å². The number of hydrogen-bond donors (Lipinski definition) is 3. The van der Waals surface area contributed by atoms with Gasteiger partial charge in [-0.1, -0.05) is 33.8 Å². The van der Waals surface area contributed by atoms with Crippen LogP contribution in [0.4, 0.5) is 15.8 Å². The van der Waals surface area contributed by atoms with Crippen molar-refractivity contribution in [3.8, 4) is 0 Å². The van der Waals surface area contributed by atoms with Crippen LogP contribution in [-0.2, 0) is 0 Å². The monoisotopic (exact) mass is 355 g/mol. The number of rotatable bonds is 8. The third-order valence-electron chi connectivity index (χ3n) is 4.93. The van der Waals surface area contributed by atoms with Gasteiger partial charge in [-0.2, -0.15) is 0 Å². The second kappa shape index (κ2) is 8.45. The van der Waals surface area contributed by atoms with Crippen molar-refractivity contribution in [2.75, 3.05) is 11.9 Å². The second-order valence-electron chi connectivity index (χ2n) is 8.00. The summed E-state index contributed by atoms with van der Waals surface area (Å²) in [4.78, 5) is 0. The quantitative estimate of drug-likeness (QED) is 0.533. The van der Waals surface area contributed by atoms with E-state index in [2.05, 4.69) is 45.1 Å². The molecule has 140 valence electrons. The van der Waals surface area contributed by atoms with Crippen LogP contribution in [0.2, 0.25) is 0 Å². The third kappa shape index (κ3) is 4.92. The van der Waals surface area contributed by atoms with Crippen molar-refractivity contribution in [1.29, 1.82) is 5.41 Å². The summed E-state index contributed by atoms with van der Waals surface area (Å²) in [5, 5.41) is 11.1. The van der Waals surface area contributed by atoms with Crippen molar-refractivity contribution in [3.63, 3.8) is 0 Å². The van der Waals surface area contributed by atoms with Crippen molar-refractivity contribution in [2.45, 2.75) is 40.0 Å². The molecule has 0 amide bonds. The highest BCUT2D eigenvalue weighted by molar-refractivity contribution is 5.87. The molecule has 0 bridgehead atoms. The predicted molar refractivity (Wildman–Crippen MR) is 109 cm³/mol. The summed E-state index contributed by atoms with van der Waals surface area (Å²) in [5.41, 5.74) is 9.68. The van der Waals surface area contributed by atoms with Gasteiger partial charge in [0.25, 0.3) is 0 Å². The summed E-state index contributed by atoms with van der Waals surface area (Å²) in [6.07, 6.45) is 2.41. The average Bonchev–Trinajstić information content (AvgIpc) is 2.61. The molecule has 3 nitrogen and oxygen atoms in total. The fourth-order valence-corrected chi connectivity index (χ4v) is 3.24. The van der Waals surface area contributed by atoms with E-state index in [0.717, 1.165) is 23.4 Å². The molecule has 0 aliphatic rings. The SMILES string of the molecule is CC(C)CC(c1ccc(Nc2ccc(F)cc2)c(C=N)c1)C(C)(C)CN. The molecule has 0 saturated heterocycles. The summed E-state index contributed by atoms with van der Waals surface area (Å²) in [7, 11) is 0. The number of nitrogens with two attached hydrogens (primary N) is 1. The van der Waals surface area contributed by atoms with E-state index in [1.807, 2.05) is 6.07 Å². The Balaban J connectivity index is 2.36. The van der Waals surface area contributed by atoms with Crippen LogP contribution in [0.1, 0.15) is 51.2 Å². The van der Waals surface area contributed by atoms with Gasteiger partial charge in [-0.15, -0.1) is 0 Å². The van der Waals surface area contributed by atoms with Crippen LogP contribution in [-0.4, -0.2) is 12.8 Å². The maximum Gasteiger partial charge on any atom is 0.123 e. The van der Waals surface area contributed by atoms with E-state index < -0.39 is 0 Å². The van der Waals surface area contributed by atoms with Crippen LogP contribution in [0, 0.1) is 22.6 Å². The normalized spacial score (nSPS) is 12.9. The Labute approximate surface area is 156 Å². The average molecular weight is 356 g/mol. The molecule has 0 aliphatic carbocycles. The van der Waals surface area contributed by atoms with Crippen molar-refractivity contribution < 1.29 is 4.39 Å². The van der Waals surface area contributed by atoms with Crippen molar-refractivity contribution >= 4 is 17.6 Å². The summed E-state index contributed by atoms with van der Waals surface area (Å²) < 4.78 is 13.1. The van der Waals surface area contributed by atoms with E-state index in [1.54, 1.807) is 12.1 Å². The number of anilines is 2. The minimum atomic E-state index is -0.265. The first-order valence-electron chi connectivity index (χ1n) is 9.14. The molecule has 0 heterocycles. The van der Waals surface area contributed by atoms with Crippen LogP contribution in [0.5, 0.6) is 0 Å². The molecule has 2 aromatic rings. The van der Waals surface area contributed by atoms with Gasteiger partial charge in [-0.3, -0.25) is 0 Å². The lowest BCUT2D eigenvalue weighted by Gasteiger charge is -2.35. The molecule has 0 fully saturated rings. The van der Waals surface area contributed by atoms with Gasteiger partial charge in [0.2, 0.25) is 0 Å². The largest absolute Gasteiger partial charge is 0.355 e. The lowest BCUT2D eigenvalue weighted by Crippen LogP contribution is -2.31. The molecule has 26 heavy (non-hydrogen) atoms. The fourth-order valence-electron chi connectivity index (χ4n) is 3.24. The lowest BCUT2D eigenvalue weighted by molar-refractivity contribution is 0.260. The van der Waals surface area contributed by atoms with Gasteiger partial charge in [0, 0.05) is 23.2 Å². The summed E-state index contributed by atoms with van der Waals surface area (Å²) in [6, 6.07) is 12.4. The van der Waals surface area contributed by atoms with Gasteiger partial charge in [0.15, 0.2) is 0 Å². The number of benzene rings is 2. The van der Waals surface area contributed by atoms with Crippen LogP contribution >= 0.6 is 0 Å². The number of hydrogen-bond acceptors (Lipinski definition) is 3. The molecule has 0 aromatic heterocycles. The molecule has 0 saturated carbocycles. The minimum absolute atomic E-state index is 0.0184. The van der Waals surface area contributed by atoms with Gasteiger partial charge in [0.05, 0.1) is 0 Å². The highest BCUT2D eigenvalue weighted by Crippen LogP contribution is 2.40. The van der Waals surface area contributed by atoms with E-state index in [1.165, 1.54) is 23.9 Å². The Bertz CT molecular complexity index is 736. The molecule has 2 aromatic carbocycles. The fraction of sp³-hybridized carbons (Fsp3) is 0.409. The van der Waals surface area contributed by atoms with Crippen LogP contribution in [0.25, 0.3) is 0 Å². The predicted octanol–water partition coefficient (Wildman–Crippen LogP) is 5.68. The van der Waals surface area contributed by atoms with E-state index >= 15 is 0 Å². The maximum atomic E-state index is 13.1. The molecule has 0 radical (unpaired) electrons. The molecule has 2 rings (SSSR count). The molecular formula is C22H30FN3. The van der Waals surface area contributed by atoms with Gasteiger partial charge in [-0.25, -0.2) is 4.39 Å². The topological polar surface area (TPSA) is 61.9 Å². The molecule has 0 aliphatic heterocycles. The van der Waals surface area contributed by atoms with E-state index in [4.69, 9.17) is 11.1 Å². The van der Waals surface area contributed by atoms with Crippen molar-refractivity contribution in [3.05, 3.63) is 59.4 Å². The van der Waals surface area contributed by atoms with E-state index in [-0.39, 0.29) is 11.2 Å². The smallest absolute Gasteiger partial charge is 0.123 e. The van der Waals surface area contributed by atoms with Gasteiger partial charge in [0.1, 0.15) is 5.82 Å². The summed E-state index contributed by atoms with van der Waals surface area (Å²) >= 11 is 0. The molecule has 1 unspecified atom stereocenters. The van der Waals surface area contributed by atoms with E-state index in [9.17, 15) is 4.39 Å². The molecule has 4 heteroatoms.